The van der Waals surface area contributed by atoms with E-state index < -0.39 is 0 Å². The average Bonchev–Trinajstić information content (AvgIpc) is 2.47. The first kappa shape index (κ1) is 14.4. The number of aromatic hydroxyl groups is 1. The van der Waals surface area contributed by atoms with Crippen LogP contribution >= 0.6 is 0 Å². The molecule has 108 valence electrons. The average molecular weight is 276 g/mol. The van der Waals surface area contributed by atoms with Crippen LogP contribution in [0.1, 0.15) is 37.7 Å². The van der Waals surface area contributed by atoms with Gasteiger partial charge in [-0.3, -0.25) is 0 Å². The zero-order chi connectivity index (χ0) is 14.4. The Morgan fingerprint density at radius 2 is 2.05 bits per heavy atom. The molecule has 20 heavy (non-hydrogen) atoms. The van der Waals surface area contributed by atoms with Crippen molar-refractivity contribution in [2.75, 3.05) is 7.11 Å². The molecule has 4 nitrogen and oxygen atoms in total. The normalized spacial score (nSPS) is 16.2. The van der Waals surface area contributed by atoms with Gasteiger partial charge >= 0.3 is 5.97 Å². The summed E-state index contributed by atoms with van der Waals surface area (Å²) < 4.78 is 10.4. The quantitative estimate of drug-likeness (QED) is 0.677. The topological polar surface area (TPSA) is 55.8 Å². The highest BCUT2D eigenvalue weighted by molar-refractivity contribution is 5.87. The van der Waals surface area contributed by atoms with Crippen molar-refractivity contribution in [2.24, 2.45) is 0 Å². The summed E-state index contributed by atoms with van der Waals surface area (Å²) in [4.78, 5) is 11.7. The Bertz CT molecular complexity index is 487. The van der Waals surface area contributed by atoms with Crippen LogP contribution in [0.2, 0.25) is 0 Å². The summed E-state index contributed by atoms with van der Waals surface area (Å²) in [5.74, 6) is 0.145. The molecule has 4 heteroatoms. The molecule has 1 aliphatic carbocycles. The van der Waals surface area contributed by atoms with Gasteiger partial charge in [0.2, 0.25) is 0 Å². The van der Waals surface area contributed by atoms with Crippen molar-refractivity contribution in [2.45, 2.75) is 38.2 Å². The second-order valence-electron chi connectivity index (χ2n) is 4.96. The maximum absolute atomic E-state index is 11.7. The predicted molar refractivity (Wildman–Crippen MR) is 76.7 cm³/mol. The van der Waals surface area contributed by atoms with Crippen LogP contribution in [0.5, 0.6) is 11.5 Å². The van der Waals surface area contributed by atoms with E-state index in [4.69, 9.17) is 9.47 Å². The molecule has 0 radical (unpaired) electrons. The van der Waals surface area contributed by atoms with Gasteiger partial charge in [0.1, 0.15) is 6.10 Å². The molecule has 1 aliphatic rings. The Labute approximate surface area is 119 Å². The molecule has 0 amide bonds. The molecule has 1 N–H and O–H groups in total. The molecule has 0 aliphatic heterocycles. The van der Waals surface area contributed by atoms with Crippen molar-refractivity contribution < 1.29 is 19.4 Å². The van der Waals surface area contributed by atoms with Crippen LogP contribution in [0.3, 0.4) is 0 Å². The number of ether oxygens (including phenoxy) is 2. The number of carbonyl (C=O) groups excluding carboxylic acids is 1. The summed E-state index contributed by atoms with van der Waals surface area (Å²) in [5, 5.41) is 9.49. The van der Waals surface area contributed by atoms with E-state index in [0.717, 1.165) is 31.2 Å². The molecule has 0 unspecified atom stereocenters. The fraction of sp³-hybridized carbons (Fsp3) is 0.438. The Morgan fingerprint density at radius 3 is 2.75 bits per heavy atom. The predicted octanol–water partition coefficient (Wildman–Crippen LogP) is 3.29. The van der Waals surface area contributed by atoms with Crippen molar-refractivity contribution in [3.05, 3.63) is 29.8 Å². The van der Waals surface area contributed by atoms with Crippen molar-refractivity contribution in [3.63, 3.8) is 0 Å². The Balaban J connectivity index is 1.92. The molecular formula is C16H20O4. The molecule has 0 heterocycles. The molecular weight excluding hydrogens is 256 g/mol. The molecule has 0 bridgehead atoms. The van der Waals surface area contributed by atoms with Gasteiger partial charge < -0.3 is 14.6 Å². The third-order valence-electron chi connectivity index (χ3n) is 3.45. The lowest BCUT2D eigenvalue weighted by Crippen LogP contribution is -2.19. The van der Waals surface area contributed by atoms with Crippen LogP contribution in [-0.2, 0) is 9.53 Å². The van der Waals surface area contributed by atoms with E-state index in [-0.39, 0.29) is 17.8 Å². The van der Waals surface area contributed by atoms with Crippen molar-refractivity contribution >= 4 is 12.0 Å². The molecule has 1 fully saturated rings. The molecule has 1 saturated carbocycles. The van der Waals surface area contributed by atoms with E-state index in [1.807, 2.05) is 0 Å². The molecule has 0 spiro atoms. The smallest absolute Gasteiger partial charge is 0.331 e. The van der Waals surface area contributed by atoms with Gasteiger partial charge in [-0.15, -0.1) is 0 Å². The van der Waals surface area contributed by atoms with Gasteiger partial charge in [-0.2, -0.15) is 0 Å². The molecule has 1 aromatic rings. The minimum atomic E-state index is -0.316. The first-order valence-electron chi connectivity index (χ1n) is 6.95. The third-order valence-corrected chi connectivity index (χ3v) is 3.45. The van der Waals surface area contributed by atoms with Gasteiger partial charge in [-0.05, 0) is 49.5 Å². The summed E-state index contributed by atoms with van der Waals surface area (Å²) >= 11 is 0. The maximum atomic E-state index is 11.7. The van der Waals surface area contributed by atoms with Crippen molar-refractivity contribution in [1.29, 1.82) is 0 Å². The standard InChI is InChI=1S/C16H20O4/c1-19-15-11-12(7-9-14(15)17)8-10-16(18)20-13-5-3-2-4-6-13/h7-11,13,17H,2-6H2,1H3. The third kappa shape index (κ3) is 4.02. The van der Waals surface area contributed by atoms with Gasteiger partial charge in [0, 0.05) is 6.08 Å². The monoisotopic (exact) mass is 276 g/mol. The second-order valence-corrected chi connectivity index (χ2v) is 4.96. The van der Waals surface area contributed by atoms with E-state index in [9.17, 15) is 9.90 Å². The van der Waals surface area contributed by atoms with Gasteiger partial charge in [0.25, 0.3) is 0 Å². The number of hydrogen-bond acceptors (Lipinski definition) is 4. The molecule has 0 atom stereocenters. The van der Waals surface area contributed by atoms with E-state index in [1.54, 1.807) is 18.2 Å². The highest BCUT2D eigenvalue weighted by Crippen LogP contribution is 2.26. The highest BCUT2D eigenvalue weighted by Gasteiger charge is 2.16. The lowest BCUT2D eigenvalue weighted by Gasteiger charge is -2.20. The fourth-order valence-corrected chi connectivity index (χ4v) is 2.35. The second kappa shape index (κ2) is 6.98. The van der Waals surface area contributed by atoms with E-state index in [2.05, 4.69) is 0 Å². The Hall–Kier alpha value is -1.97. The number of benzene rings is 1. The maximum Gasteiger partial charge on any atom is 0.331 e. The molecule has 1 aromatic carbocycles. The van der Waals surface area contributed by atoms with Gasteiger partial charge in [-0.25, -0.2) is 4.79 Å². The number of phenols is 1. The number of phenolic OH excluding ortho intramolecular Hbond substituents is 1. The molecule has 0 saturated heterocycles. The lowest BCUT2D eigenvalue weighted by atomic mass is 9.98. The summed E-state index contributed by atoms with van der Waals surface area (Å²) in [6.07, 6.45) is 8.58. The van der Waals surface area contributed by atoms with Crippen LogP contribution in [0, 0.1) is 0 Å². The Kier molecular flexibility index (Phi) is 5.04. The van der Waals surface area contributed by atoms with Gasteiger partial charge in [0.15, 0.2) is 11.5 Å². The molecule has 2 rings (SSSR count). The van der Waals surface area contributed by atoms with Gasteiger partial charge in [0.05, 0.1) is 7.11 Å². The zero-order valence-corrected chi connectivity index (χ0v) is 11.7. The number of rotatable bonds is 4. The van der Waals surface area contributed by atoms with E-state index >= 15 is 0 Å². The number of esters is 1. The van der Waals surface area contributed by atoms with E-state index in [1.165, 1.54) is 25.7 Å². The zero-order valence-electron chi connectivity index (χ0n) is 11.7. The summed E-state index contributed by atoms with van der Waals surface area (Å²) in [6.45, 7) is 0. The number of hydrogen-bond donors (Lipinski definition) is 1. The summed E-state index contributed by atoms with van der Waals surface area (Å²) in [5.41, 5.74) is 0.778. The Morgan fingerprint density at radius 1 is 1.30 bits per heavy atom. The van der Waals surface area contributed by atoms with Crippen LogP contribution < -0.4 is 4.74 Å². The largest absolute Gasteiger partial charge is 0.504 e. The van der Waals surface area contributed by atoms with Crippen LogP contribution in [-0.4, -0.2) is 24.3 Å². The van der Waals surface area contributed by atoms with Gasteiger partial charge in [-0.1, -0.05) is 12.5 Å². The van der Waals surface area contributed by atoms with Crippen LogP contribution in [0.15, 0.2) is 24.3 Å². The van der Waals surface area contributed by atoms with Crippen LogP contribution in [0.25, 0.3) is 6.08 Å². The minimum Gasteiger partial charge on any atom is -0.504 e. The molecule has 0 aromatic heterocycles. The lowest BCUT2D eigenvalue weighted by molar-refractivity contribution is -0.144. The number of methoxy groups -OCH3 is 1. The van der Waals surface area contributed by atoms with Crippen molar-refractivity contribution in [1.82, 2.24) is 0 Å². The highest BCUT2D eigenvalue weighted by atomic mass is 16.5. The van der Waals surface area contributed by atoms with E-state index in [0.29, 0.717) is 5.75 Å². The van der Waals surface area contributed by atoms with Crippen LogP contribution in [0.4, 0.5) is 0 Å². The SMILES string of the molecule is COc1cc(C=CC(=O)OC2CCCCC2)ccc1O. The summed E-state index contributed by atoms with van der Waals surface area (Å²) in [6, 6.07) is 4.91. The minimum absolute atomic E-state index is 0.0650. The first-order valence-corrected chi connectivity index (χ1v) is 6.95. The van der Waals surface area contributed by atoms with Crippen molar-refractivity contribution in [3.8, 4) is 11.5 Å². The fourth-order valence-electron chi connectivity index (χ4n) is 2.35. The first-order chi connectivity index (χ1) is 9.69. The number of carbonyl (C=O) groups is 1. The summed E-state index contributed by atoms with van der Waals surface area (Å²) in [7, 11) is 1.49.